The summed E-state index contributed by atoms with van der Waals surface area (Å²) in [6.45, 7) is 6.64. The van der Waals surface area contributed by atoms with Crippen LogP contribution in [0.25, 0.3) is 0 Å². The van der Waals surface area contributed by atoms with Gasteiger partial charge in [0.15, 0.2) is 0 Å². The van der Waals surface area contributed by atoms with E-state index in [1.165, 1.54) is 5.56 Å². The highest BCUT2D eigenvalue weighted by Crippen LogP contribution is 2.35. The molecule has 0 amide bonds. The zero-order valence-corrected chi connectivity index (χ0v) is 10.3. The lowest BCUT2D eigenvalue weighted by Gasteiger charge is -2.12. The Morgan fingerprint density at radius 2 is 2.00 bits per heavy atom. The maximum atomic E-state index is 6.03. The van der Waals surface area contributed by atoms with Gasteiger partial charge in [0.05, 0.1) is 11.6 Å². The molecule has 0 saturated carbocycles. The zero-order chi connectivity index (χ0) is 10.0. The minimum atomic E-state index is 0.641. The SMILES string of the molecule is CCOc1c(Cl)cc(Br)c(C)c1C. The summed E-state index contributed by atoms with van der Waals surface area (Å²) in [5.74, 6) is 0.796. The van der Waals surface area contributed by atoms with Crippen LogP contribution in [0.4, 0.5) is 0 Å². The molecule has 0 fully saturated rings. The van der Waals surface area contributed by atoms with Crippen LogP contribution in [-0.4, -0.2) is 6.61 Å². The average molecular weight is 264 g/mol. The monoisotopic (exact) mass is 262 g/mol. The van der Waals surface area contributed by atoms with Crippen LogP contribution in [-0.2, 0) is 0 Å². The topological polar surface area (TPSA) is 9.23 Å². The molecular weight excluding hydrogens is 251 g/mol. The first kappa shape index (κ1) is 10.9. The van der Waals surface area contributed by atoms with Crippen molar-refractivity contribution in [1.29, 1.82) is 0 Å². The van der Waals surface area contributed by atoms with Gasteiger partial charge in [-0.1, -0.05) is 27.5 Å². The Kier molecular flexibility index (Phi) is 3.63. The first-order valence-electron chi connectivity index (χ1n) is 4.16. The Balaban J connectivity index is 3.26. The van der Waals surface area contributed by atoms with Gasteiger partial charge in [-0.05, 0) is 38.0 Å². The number of benzene rings is 1. The van der Waals surface area contributed by atoms with E-state index in [4.69, 9.17) is 16.3 Å². The van der Waals surface area contributed by atoms with E-state index in [0.717, 1.165) is 15.8 Å². The molecule has 1 aromatic carbocycles. The first-order chi connectivity index (χ1) is 6.07. The summed E-state index contributed by atoms with van der Waals surface area (Å²) in [4.78, 5) is 0. The lowest BCUT2D eigenvalue weighted by atomic mass is 10.1. The fourth-order valence-electron chi connectivity index (χ4n) is 1.14. The van der Waals surface area contributed by atoms with E-state index in [1.54, 1.807) is 0 Å². The second-order valence-electron chi connectivity index (χ2n) is 2.85. The predicted octanol–water partition coefficient (Wildman–Crippen LogP) is 4.12. The van der Waals surface area contributed by atoms with Crippen LogP contribution >= 0.6 is 27.5 Å². The molecule has 13 heavy (non-hydrogen) atoms. The Morgan fingerprint density at radius 3 is 2.54 bits per heavy atom. The third-order valence-corrected chi connectivity index (χ3v) is 3.12. The molecule has 0 aromatic heterocycles. The Hall–Kier alpha value is -0.210. The van der Waals surface area contributed by atoms with Gasteiger partial charge in [0.2, 0.25) is 0 Å². The molecule has 0 heterocycles. The number of rotatable bonds is 2. The molecular formula is C10H12BrClO. The highest BCUT2D eigenvalue weighted by Gasteiger charge is 2.10. The van der Waals surface area contributed by atoms with Gasteiger partial charge >= 0.3 is 0 Å². The molecule has 0 unspecified atom stereocenters. The number of halogens is 2. The molecule has 0 aliphatic heterocycles. The molecule has 1 rings (SSSR count). The number of ether oxygens (including phenoxy) is 1. The van der Waals surface area contributed by atoms with Crippen molar-refractivity contribution in [2.75, 3.05) is 6.61 Å². The minimum absolute atomic E-state index is 0.641. The quantitative estimate of drug-likeness (QED) is 0.780. The summed E-state index contributed by atoms with van der Waals surface area (Å²) in [5, 5.41) is 0.664. The molecule has 0 N–H and O–H groups in total. The van der Waals surface area contributed by atoms with E-state index in [0.29, 0.717) is 11.6 Å². The standard InChI is InChI=1S/C10H12BrClO/c1-4-13-10-7(3)6(2)8(11)5-9(10)12/h5H,4H2,1-3H3. The van der Waals surface area contributed by atoms with Crippen molar-refractivity contribution in [3.63, 3.8) is 0 Å². The van der Waals surface area contributed by atoms with Gasteiger partial charge in [0.25, 0.3) is 0 Å². The molecule has 3 heteroatoms. The highest BCUT2D eigenvalue weighted by molar-refractivity contribution is 9.10. The van der Waals surface area contributed by atoms with Crippen molar-refractivity contribution in [2.24, 2.45) is 0 Å². The van der Waals surface area contributed by atoms with Gasteiger partial charge in [0.1, 0.15) is 5.75 Å². The van der Waals surface area contributed by atoms with Crippen molar-refractivity contribution < 1.29 is 4.74 Å². The van der Waals surface area contributed by atoms with Crippen molar-refractivity contribution in [3.05, 3.63) is 26.7 Å². The van der Waals surface area contributed by atoms with Crippen molar-refractivity contribution in [1.82, 2.24) is 0 Å². The van der Waals surface area contributed by atoms with Gasteiger partial charge in [-0.15, -0.1) is 0 Å². The fraction of sp³-hybridized carbons (Fsp3) is 0.400. The van der Waals surface area contributed by atoms with Crippen molar-refractivity contribution in [2.45, 2.75) is 20.8 Å². The second-order valence-corrected chi connectivity index (χ2v) is 4.11. The number of hydrogen-bond acceptors (Lipinski definition) is 1. The zero-order valence-electron chi connectivity index (χ0n) is 7.95. The summed E-state index contributed by atoms with van der Waals surface area (Å²) in [7, 11) is 0. The molecule has 0 spiro atoms. The van der Waals surface area contributed by atoms with E-state index >= 15 is 0 Å². The molecule has 0 saturated heterocycles. The fourth-order valence-corrected chi connectivity index (χ4v) is 2.10. The summed E-state index contributed by atoms with van der Waals surface area (Å²) < 4.78 is 6.48. The summed E-state index contributed by atoms with van der Waals surface area (Å²) in [6.07, 6.45) is 0. The normalized spacial score (nSPS) is 10.2. The van der Waals surface area contributed by atoms with Crippen LogP contribution in [0, 0.1) is 13.8 Å². The Morgan fingerprint density at radius 1 is 1.38 bits per heavy atom. The smallest absolute Gasteiger partial charge is 0.141 e. The van der Waals surface area contributed by atoms with Gasteiger partial charge in [-0.3, -0.25) is 0 Å². The van der Waals surface area contributed by atoms with Crippen molar-refractivity contribution in [3.8, 4) is 5.75 Å². The molecule has 0 bridgehead atoms. The molecule has 1 nitrogen and oxygen atoms in total. The lowest BCUT2D eigenvalue weighted by Crippen LogP contribution is -1.97. The Labute approximate surface area is 92.2 Å². The van der Waals surface area contributed by atoms with Crippen LogP contribution in [0.2, 0.25) is 5.02 Å². The van der Waals surface area contributed by atoms with E-state index in [1.807, 2.05) is 26.8 Å². The van der Waals surface area contributed by atoms with Crippen LogP contribution in [0.3, 0.4) is 0 Å². The predicted molar refractivity (Wildman–Crippen MR) is 59.8 cm³/mol. The lowest BCUT2D eigenvalue weighted by molar-refractivity contribution is 0.338. The summed E-state index contributed by atoms with van der Waals surface area (Å²) >= 11 is 9.47. The van der Waals surface area contributed by atoms with Gasteiger partial charge < -0.3 is 4.74 Å². The maximum absolute atomic E-state index is 6.03. The summed E-state index contributed by atoms with van der Waals surface area (Å²) in [6, 6.07) is 1.87. The number of hydrogen-bond donors (Lipinski definition) is 0. The Bertz CT molecular complexity index is 323. The van der Waals surface area contributed by atoms with E-state index < -0.39 is 0 Å². The van der Waals surface area contributed by atoms with Crippen LogP contribution in [0.15, 0.2) is 10.5 Å². The maximum Gasteiger partial charge on any atom is 0.141 e. The highest BCUT2D eigenvalue weighted by atomic mass is 79.9. The molecule has 0 atom stereocenters. The molecule has 0 aliphatic carbocycles. The van der Waals surface area contributed by atoms with E-state index in [-0.39, 0.29) is 0 Å². The third kappa shape index (κ3) is 2.18. The van der Waals surface area contributed by atoms with Crippen molar-refractivity contribution >= 4 is 27.5 Å². The van der Waals surface area contributed by atoms with Crippen LogP contribution in [0.5, 0.6) is 5.75 Å². The van der Waals surface area contributed by atoms with Gasteiger partial charge in [0, 0.05) is 4.47 Å². The van der Waals surface area contributed by atoms with Crippen LogP contribution < -0.4 is 4.74 Å². The largest absolute Gasteiger partial charge is 0.492 e. The third-order valence-electron chi connectivity index (χ3n) is 2.02. The van der Waals surface area contributed by atoms with E-state index in [9.17, 15) is 0 Å². The molecule has 0 aliphatic rings. The van der Waals surface area contributed by atoms with Gasteiger partial charge in [-0.25, -0.2) is 0 Å². The van der Waals surface area contributed by atoms with Crippen LogP contribution in [0.1, 0.15) is 18.1 Å². The average Bonchev–Trinajstić information content (AvgIpc) is 2.09. The molecule has 0 radical (unpaired) electrons. The second kappa shape index (κ2) is 4.34. The van der Waals surface area contributed by atoms with E-state index in [2.05, 4.69) is 15.9 Å². The molecule has 1 aromatic rings. The first-order valence-corrected chi connectivity index (χ1v) is 5.33. The summed E-state index contributed by atoms with van der Waals surface area (Å²) in [5.41, 5.74) is 2.27. The molecule has 72 valence electrons. The minimum Gasteiger partial charge on any atom is -0.492 e. The van der Waals surface area contributed by atoms with Gasteiger partial charge in [-0.2, -0.15) is 0 Å².